The van der Waals surface area contributed by atoms with E-state index in [2.05, 4.69) is 68.1 Å². The molecule has 0 N–H and O–H groups in total. The van der Waals surface area contributed by atoms with E-state index in [1.54, 1.807) is 5.56 Å². The van der Waals surface area contributed by atoms with E-state index in [9.17, 15) is 0 Å². The first-order chi connectivity index (χ1) is 7.28. The molecule has 19 heavy (non-hydrogen) atoms. The summed E-state index contributed by atoms with van der Waals surface area (Å²) in [4.78, 5) is 0. The third-order valence-electron chi connectivity index (χ3n) is 4.39. The molecule has 1 aliphatic carbocycles. The number of rotatable bonds is 0. The van der Waals surface area contributed by atoms with Crippen LogP contribution in [0, 0.1) is 27.7 Å². The number of hydrogen-bond donors (Lipinski definition) is 0. The Labute approximate surface area is 147 Å². The van der Waals surface area contributed by atoms with Crippen LogP contribution in [0.15, 0.2) is 5.57 Å². The third-order valence-corrected chi connectivity index (χ3v) is 5.39. The van der Waals surface area contributed by atoms with Crippen molar-refractivity contribution in [1.29, 1.82) is 0 Å². The Hall–Kier alpha value is 0.544. The van der Waals surface area contributed by atoms with Gasteiger partial charge in [-0.1, -0.05) is 0 Å². The van der Waals surface area contributed by atoms with Gasteiger partial charge in [0, 0.05) is 0 Å². The second kappa shape index (κ2) is 7.01. The van der Waals surface area contributed by atoms with Crippen LogP contribution in [0.25, 0.3) is 6.08 Å². The van der Waals surface area contributed by atoms with Crippen LogP contribution in [-0.2, 0) is 24.2 Å². The van der Waals surface area contributed by atoms with E-state index in [1.165, 1.54) is 33.4 Å². The molecule has 1 aromatic rings. The second-order valence-electron chi connectivity index (χ2n) is 5.24. The molecule has 1 aliphatic rings. The van der Waals surface area contributed by atoms with E-state index < -0.39 is 0 Å². The van der Waals surface area contributed by atoms with Crippen molar-refractivity contribution < 1.29 is 57.7 Å². The van der Waals surface area contributed by atoms with Gasteiger partial charge in [-0.05, 0) is 0 Å². The largest absolute Gasteiger partial charge is 1.00 e. The maximum Gasteiger partial charge on any atom is -1.00 e. The average Bonchev–Trinajstić information content (AvgIpc) is 2.45. The summed E-state index contributed by atoms with van der Waals surface area (Å²) in [5.74, 6) is 0. The molecule has 0 saturated carbocycles. The number of hydrogen-bond acceptors (Lipinski definition) is 0. The molecule has 0 bridgehead atoms. The van der Waals surface area contributed by atoms with Crippen molar-refractivity contribution in [3.8, 4) is 0 Å². The van der Waals surface area contributed by atoms with Gasteiger partial charge in [0.05, 0.1) is 0 Å². The van der Waals surface area contributed by atoms with Gasteiger partial charge in [0.25, 0.3) is 0 Å². The molecular formula is C15H19Cl3Ti. The molecule has 0 radical (unpaired) electrons. The average molecular weight is 354 g/mol. The van der Waals surface area contributed by atoms with Crippen LogP contribution < -0.4 is 37.2 Å². The van der Waals surface area contributed by atoms with E-state index in [1.807, 2.05) is 0 Å². The summed E-state index contributed by atoms with van der Waals surface area (Å²) in [6, 6.07) is 0. The van der Waals surface area contributed by atoms with E-state index in [-0.39, 0.29) is 40.9 Å². The molecule has 4 heteroatoms. The van der Waals surface area contributed by atoms with Crippen LogP contribution in [0.2, 0.25) is 0 Å². The molecule has 0 spiro atoms. The van der Waals surface area contributed by atoms with Gasteiger partial charge in [-0.3, -0.25) is 0 Å². The predicted octanol–water partition coefficient (Wildman–Crippen LogP) is -4.89. The Kier molecular flexibility index (Phi) is 8.05. The Morgan fingerprint density at radius 2 is 1.21 bits per heavy atom. The van der Waals surface area contributed by atoms with Crippen molar-refractivity contribution in [1.82, 2.24) is 0 Å². The Morgan fingerprint density at radius 1 is 0.789 bits per heavy atom. The number of fused-ring (bicyclic) bond motifs is 1. The van der Waals surface area contributed by atoms with Gasteiger partial charge in [-0.2, -0.15) is 0 Å². The molecule has 1 unspecified atom stereocenters. The zero-order chi connectivity index (χ0) is 12.2. The first-order valence-electron chi connectivity index (χ1n) is 5.83. The quantitative estimate of drug-likeness (QED) is 0.411. The molecule has 1 atom stereocenters. The van der Waals surface area contributed by atoms with Gasteiger partial charge in [-0.15, -0.1) is 0 Å². The van der Waals surface area contributed by atoms with Crippen LogP contribution >= 0.6 is 0 Å². The molecule has 104 valence electrons. The van der Waals surface area contributed by atoms with E-state index in [4.69, 9.17) is 0 Å². The zero-order valence-corrected chi connectivity index (χ0v) is 16.0. The SMILES string of the molecule is CC1=Cc2c(C)c(C)c(C)c(C)c2[C]1(C)[Ti+3].[Cl-].[Cl-].[Cl-]. The minimum atomic E-state index is 0. The molecule has 0 nitrogen and oxygen atoms in total. The fraction of sp³-hybridized carbons (Fsp3) is 0.467. The predicted molar refractivity (Wildman–Crippen MR) is 66.4 cm³/mol. The normalized spacial score (nSPS) is 19.7. The van der Waals surface area contributed by atoms with Gasteiger partial charge in [0.1, 0.15) is 0 Å². The van der Waals surface area contributed by atoms with E-state index in [0.29, 0.717) is 0 Å². The smallest absolute Gasteiger partial charge is 1.00 e. The minimum absolute atomic E-state index is 0. The van der Waals surface area contributed by atoms with Crippen LogP contribution in [0.5, 0.6) is 0 Å². The summed E-state index contributed by atoms with van der Waals surface area (Å²) in [6.07, 6.45) is 2.38. The fourth-order valence-corrected chi connectivity index (χ4v) is 3.34. The number of halogens is 3. The molecule has 2 rings (SSSR count). The van der Waals surface area contributed by atoms with E-state index >= 15 is 0 Å². The topological polar surface area (TPSA) is 0 Å². The van der Waals surface area contributed by atoms with Crippen LogP contribution in [0.4, 0.5) is 0 Å². The molecule has 0 fully saturated rings. The van der Waals surface area contributed by atoms with Gasteiger partial charge in [0.15, 0.2) is 0 Å². The molecule has 0 saturated heterocycles. The monoisotopic (exact) mass is 352 g/mol. The van der Waals surface area contributed by atoms with Crippen LogP contribution in [0.1, 0.15) is 47.2 Å². The first kappa shape index (κ1) is 21.8. The standard InChI is InChI=1S/C15H19.3ClH.Ti/c1-8-7-14-12(5)10(3)11(4)13(6)15(14)9(8)2;;;;/h7H,1-6H3;3*1H;/q;;;;+3/p-3. The Morgan fingerprint density at radius 3 is 1.68 bits per heavy atom. The summed E-state index contributed by atoms with van der Waals surface area (Å²) in [6.45, 7) is 13.6. The first-order valence-corrected chi connectivity index (χ1v) is 6.61. The fourth-order valence-electron chi connectivity index (χ4n) is 2.72. The molecule has 0 aliphatic heterocycles. The summed E-state index contributed by atoms with van der Waals surface area (Å²) >= 11 is 2.34. The number of allylic oxidation sites excluding steroid dienone is 1. The summed E-state index contributed by atoms with van der Waals surface area (Å²) in [7, 11) is 0. The van der Waals surface area contributed by atoms with Gasteiger partial charge in [-0.25, -0.2) is 0 Å². The summed E-state index contributed by atoms with van der Waals surface area (Å²) < 4.78 is 0.211. The molecule has 0 heterocycles. The summed E-state index contributed by atoms with van der Waals surface area (Å²) in [5.41, 5.74) is 10.4. The van der Waals surface area contributed by atoms with Crippen LogP contribution in [-0.4, -0.2) is 0 Å². The Balaban J connectivity index is 0. The second-order valence-corrected chi connectivity index (χ2v) is 6.80. The molecule has 0 amide bonds. The maximum atomic E-state index is 2.38. The van der Waals surface area contributed by atoms with Crippen LogP contribution in [0.3, 0.4) is 0 Å². The van der Waals surface area contributed by atoms with Gasteiger partial charge < -0.3 is 37.2 Å². The van der Waals surface area contributed by atoms with Crippen molar-refractivity contribution in [2.24, 2.45) is 0 Å². The molecular weight excluding hydrogens is 334 g/mol. The Bertz CT molecular complexity index is 517. The zero-order valence-electron chi connectivity index (χ0n) is 12.2. The van der Waals surface area contributed by atoms with Crippen molar-refractivity contribution in [3.63, 3.8) is 0 Å². The van der Waals surface area contributed by atoms with Crippen molar-refractivity contribution in [2.75, 3.05) is 0 Å². The molecule has 0 aromatic heterocycles. The van der Waals surface area contributed by atoms with Gasteiger partial charge in [0.2, 0.25) is 0 Å². The van der Waals surface area contributed by atoms with Crippen molar-refractivity contribution in [3.05, 3.63) is 39.0 Å². The van der Waals surface area contributed by atoms with Gasteiger partial charge >= 0.3 is 111 Å². The van der Waals surface area contributed by atoms with Crippen molar-refractivity contribution in [2.45, 2.75) is 45.3 Å². The third kappa shape index (κ3) is 3.09. The maximum absolute atomic E-state index is 2.38. The summed E-state index contributed by atoms with van der Waals surface area (Å²) in [5, 5.41) is 0. The van der Waals surface area contributed by atoms with E-state index in [0.717, 1.165) is 0 Å². The minimum Gasteiger partial charge on any atom is -1.00 e. The number of benzene rings is 1. The molecule has 1 aromatic carbocycles. The van der Waals surface area contributed by atoms with Crippen molar-refractivity contribution >= 4 is 6.08 Å².